The highest BCUT2D eigenvalue weighted by Crippen LogP contribution is 2.27. The second-order valence-electron chi connectivity index (χ2n) is 6.06. The van der Waals surface area contributed by atoms with Crippen molar-refractivity contribution in [2.45, 2.75) is 25.4 Å². The molecule has 0 aromatic heterocycles. The number of methoxy groups -OCH3 is 1. The minimum atomic E-state index is -1.06. The molecule has 0 fully saturated rings. The average molecular weight is 333 g/mol. The van der Waals surface area contributed by atoms with Crippen LogP contribution in [0.15, 0.2) is 29.4 Å². The van der Waals surface area contributed by atoms with Crippen LogP contribution in [0.5, 0.6) is 5.75 Å². The van der Waals surface area contributed by atoms with Crippen molar-refractivity contribution in [1.29, 1.82) is 0 Å². The third-order valence-electron chi connectivity index (χ3n) is 3.89. The molecular weight excluding hydrogens is 310 g/mol. The first-order valence-electron chi connectivity index (χ1n) is 7.73. The Morgan fingerprint density at radius 1 is 1.33 bits per heavy atom. The number of rotatable bonds is 6. The van der Waals surface area contributed by atoms with Crippen molar-refractivity contribution in [3.8, 4) is 5.75 Å². The van der Waals surface area contributed by atoms with Gasteiger partial charge in [-0.3, -0.25) is 9.59 Å². The molecule has 7 nitrogen and oxygen atoms in total. The van der Waals surface area contributed by atoms with Crippen LogP contribution in [-0.4, -0.2) is 55.8 Å². The van der Waals surface area contributed by atoms with Crippen molar-refractivity contribution in [2.24, 2.45) is 5.16 Å². The van der Waals surface area contributed by atoms with Gasteiger partial charge in [-0.2, -0.15) is 0 Å². The van der Waals surface area contributed by atoms with E-state index in [0.717, 1.165) is 11.3 Å². The Balaban J connectivity index is 1.90. The Morgan fingerprint density at radius 2 is 2.00 bits per heavy atom. The molecule has 0 bridgehead atoms. The summed E-state index contributed by atoms with van der Waals surface area (Å²) in [6.45, 7) is 1.96. The molecule has 1 heterocycles. The summed E-state index contributed by atoms with van der Waals surface area (Å²) < 4.78 is 5.13. The molecule has 1 aliphatic heterocycles. The van der Waals surface area contributed by atoms with E-state index in [1.54, 1.807) is 28.1 Å². The number of hydrogen-bond acceptors (Lipinski definition) is 5. The predicted molar refractivity (Wildman–Crippen MR) is 90.0 cm³/mol. The largest absolute Gasteiger partial charge is 0.497 e. The van der Waals surface area contributed by atoms with Crippen LogP contribution in [0.1, 0.15) is 25.3 Å². The van der Waals surface area contributed by atoms with E-state index < -0.39 is 5.60 Å². The number of amides is 2. The van der Waals surface area contributed by atoms with Gasteiger partial charge in [0.05, 0.1) is 12.8 Å². The third-order valence-corrected chi connectivity index (χ3v) is 3.89. The van der Waals surface area contributed by atoms with Gasteiger partial charge in [0, 0.05) is 33.5 Å². The fourth-order valence-corrected chi connectivity index (χ4v) is 2.29. The van der Waals surface area contributed by atoms with Gasteiger partial charge in [0.2, 0.25) is 11.5 Å². The normalized spacial score (nSPS) is 19.2. The molecule has 7 heteroatoms. The number of hydrogen-bond donors (Lipinski definition) is 1. The fraction of sp³-hybridized carbons (Fsp3) is 0.471. The van der Waals surface area contributed by atoms with Gasteiger partial charge >= 0.3 is 0 Å². The highest BCUT2D eigenvalue weighted by molar-refractivity contribution is 6.05. The first kappa shape index (κ1) is 17.8. The zero-order valence-electron chi connectivity index (χ0n) is 14.5. The molecule has 0 radical (unpaired) electrons. The molecule has 1 aromatic carbocycles. The van der Waals surface area contributed by atoms with E-state index in [1.165, 1.54) is 4.90 Å². The van der Waals surface area contributed by atoms with Crippen molar-refractivity contribution in [2.75, 3.05) is 27.7 Å². The molecule has 0 saturated heterocycles. The predicted octanol–water partition coefficient (Wildman–Crippen LogP) is 1.17. The summed E-state index contributed by atoms with van der Waals surface area (Å²) in [6.07, 6.45) is 0.619. The zero-order chi connectivity index (χ0) is 17.7. The van der Waals surface area contributed by atoms with Crippen LogP contribution in [0, 0.1) is 0 Å². The number of nitrogens with zero attached hydrogens (tertiary/aromatic N) is 2. The maximum atomic E-state index is 12.3. The molecule has 2 amide bonds. The number of carbonyl (C=O) groups is 2. The summed E-state index contributed by atoms with van der Waals surface area (Å²) >= 11 is 0. The van der Waals surface area contributed by atoms with E-state index in [9.17, 15) is 9.59 Å². The Hall–Kier alpha value is -2.57. The molecule has 0 spiro atoms. The summed E-state index contributed by atoms with van der Waals surface area (Å²) in [5, 5.41) is 6.78. The number of nitrogens with one attached hydrogen (secondary N) is 1. The lowest BCUT2D eigenvalue weighted by Gasteiger charge is -2.20. The molecular formula is C17H23N3O4. The van der Waals surface area contributed by atoms with Gasteiger partial charge in [0.25, 0.3) is 5.91 Å². The second-order valence-corrected chi connectivity index (χ2v) is 6.06. The van der Waals surface area contributed by atoms with Crippen LogP contribution >= 0.6 is 0 Å². The topological polar surface area (TPSA) is 80.2 Å². The maximum Gasteiger partial charge on any atom is 0.267 e. The molecule has 1 aromatic rings. The molecule has 1 N–H and O–H groups in total. The lowest BCUT2D eigenvalue weighted by molar-refractivity contribution is -0.141. The Kier molecular flexibility index (Phi) is 5.43. The van der Waals surface area contributed by atoms with E-state index in [4.69, 9.17) is 9.57 Å². The lowest BCUT2D eigenvalue weighted by Crippen LogP contribution is -2.45. The quantitative estimate of drug-likeness (QED) is 0.847. The molecule has 130 valence electrons. The standard InChI is InChI=1S/C17H23N3O4/c1-17(16(22)18-10-9-15(21)20(2)3)11-14(19-24-17)12-5-7-13(23-4)8-6-12/h5-8H,9-11H2,1-4H3,(H,18,22)/t17-/m1/s1. The zero-order valence-corrected chi connectivity index (χ0v) is 14.5. The van der Waals surface area contributed by atoms with Crippen LogP contribution in [0.2, 0.25) is 0 Å². The van der Waals surface area contributed by atoms with E-state index >= 15 is 0 Å². The number of ether oxygens (including phenoxy) is 1. The van der Waals surface area contributed by atoms with E-state index in [1.807, 2.05) is 24.3 Å². The van der Waals surface area contributed by atoms with Crippen LogP contribution in [0.25, 0.3) is 0 Å². The Labute approximate surface area is 141 Å². The van der Waals surface area contributed by atoms with Crippen molar-refractivity contribution in [3.63, 3.8) is 0 Å². The minimum Gasteiger partial charge on any atom is -0.497 e. The second kappa shape index (κ2) is 7.33. The number of oxime groups is 1. The monoisotopic (exact) mass is 333 g/mol. The Morgan fingerprint density at radius 3 is 2.58 bits per heavy atom. The van der Waals surface area contributed by atoms with Crippen LogP contribution in [0.3, 0.4) is 0 Å². The number of benzene rings is 1. The van der Waals surface area contributed by atoms with Crippen LogP contribution in [-0.2, 0) is 14.4 Å². The molecule has 2 rings (SSSR count). The summed E-state index contributed by atoms with van der Waals surface area (Å²) in [5.41, 5.74) is 0.533. The van der Waals surface area contributed by atoms with Crippen LogP contribution < -0.4 is 10.1 Å². The van der Waals surface area contributed by atoms with Crippen molar-refractivity contribution >= 4 is 17.5 Å². The molecule has 1 atom stereocenters. The summed E-state index contributed by atoms with van der Waals surface area (Å²) in [6, 6.07) is 7.42. The van der Waals surface area contributed by atoms with Gasteiger partial charge in [-0.05, 0) is 36.8 Å². The van der Waals surface area contributed by atoms with Crippen molar-refractivity contribution in [3.05, 3.63) is 29.8 Å². The highest BCUT2D eigenvalue weighted by Gasteiger charge is 2.42. The van der Waals surface area contributed by atoms with E-state index in [0.29, 0.717) is 12.1 Å². The highest BCUT2D eigenvalue weighted by atomic mass is 16.7. The molecule has 0 unspecified atom stereocenters. The third kappa shape index (κ3) is 4.04. The van der Waals surface area contributed by atoms with Gasteiger partial charge < -0.3 is 19.8 Å². The van der Waals surface area contributed by atoms with Crippen molar-refractivity contribution < 1.29 is 19.2 Å². The molecule has 0 aliphatic carbocycles. The first-order chi connectivity index (χ1) is 11.4. The van der Waals surface area contributed by atoms with Gasteiger partial charge in [-0.15, -0.1) is 0 Å². The van der Waals surface area contributed by atoms with E-state index in [2.05, 4.69) is 10.5 Å². The van der Waals surface area contributed by atoms with E-state index in [-0.39, 0.29) is 24.8 Å². The maximum absolute atomic E-state index is 12.3. The van der Waals surface area contributed by atoms with Gasteiger partial charge in [-0.1, -0.05) is 5.16 Å². The van der Waals surface area contributed by atoms with Crippen LogP contribution in [0.4, 0.5) is 0 Å². The smallest absolute Gasteiger partial charge is 0.267 e. The number of carbonyl (C=O) groups excluding carboxylic acids is 2. The molecule has 0 saturated carbocycles. The van der Waals surface area contributed by atoms with Gasteiger partial charge in [0.1, 0.15) is 5.75 Å². The summed E-state index contributed by atoms with van der Waals surface area (Å²) in [4.78, 5) is 30.7. The minimum absolute atomic E-state index is 0.0389. The van der Waals surface area contributed by atoms with Crippen molar-refractivity contribution in [1.82, 2.24) is 10.2 Å². The van der Waals surface area contributed by atoms with Gasteiger partial charge in [0.15, 0.2) is 0 Å². The molecule has 24 heavy (non-hydrogen) atoms. The van der Waals surface area contributed by atoms with Gasteiger partial charge in [-0.25, -0.2) is 0 Å². The summed E-state index contributed by atoms with van der Waals surface area (Å²) in [5.74, 6) is 0.439. The summed E-state index contributed by atoms with van der Waals surface area (Å²) in [7, 11) is 4.97. The fourth-order valence-electron chi connectivity index (χ4n) is 2.29. The lowest BCUT2D eigenvalue weighted by atomic mass is 9.95. The first-order valence-corrected chi connectivity index (χ1v) is 7.73. The SMILES string of the molecule is COc1ccc(C2=NO[C@@](C)(C(=O)NCCC(=O)N(C)C)C2)cc1. The molecule has 1 aliphatic rings. The average Bonchev–Trinajstić information content (AvgIpc) is 2.98. The Bertz CT molecular complexity index is 640.